The van der Waals surface area contributed by atoms with E-state index in [9.17, 15) is 14.7 Å². The first kappa shape index (κ1) is 15.8. The van der Waals surface area contributed by atoms with Crippen molar-refractivity contribution < 1.29 is 14.7 Å². The van der Waals surface area contributed by atoms with Crippen molar-refractivity contribution in [3.63, 3.8) is 0 Å². The first-order chi connectivity index (χ1) is 9.93. The second kappa shape index (κ2) is 6.47. The van der Waals surface area contributed by atoms with E-state index in [4.69, 9.17) is 0 Å². The molecule has 1 fully saturated rings. The summed E-state index contributed by atoms with van der Waals surface area (Å²) in [6.07, 6.45) is 3.61. The maximum absolute atomic E-state index is 12.1. The van der Waals surface area contributed by atoms with Crippen molar-refractivity contribution >= 4 is 33.6 Å². The van der Waals surface area contributed by atoms with Crippen molar-refractivity contribution in [3.05, 3.63) is 28.2 Å². The molecule has 1 saturated carbocycles. The smallest absolute Gasteiger partial charge is 0.329 e. The summed E-state index contributed by atoms with van der Waals surface area (Å²) in [5.74, 6) is -0.958. The highest BCUT2D eigenvalue weighted by molar-refractivity contribution is 9.10. The van der Waals surface area contributed by atoms with E-state index in [1.807, 2.05) is 19.1 Å². The van der Waals surface area contributed by atoms with Gasteiger partial charge in [0.1, 0.15) is 5.54 Å². The van der Waals surface area contributed by atoms with Crippen LogP contribution in [0.4, 0.5) is 10.5 Å². The first-order valence-electron chi connectivity index (χ1n) is 7.02. The van der Waals surface area contributed by atoms with Crippen LogP contribution in [0, 0.1) is 6.92 Å². The molecule has 2 amide bonds. The Morgan fingerprint density at radius 2 is 1.90 bits per heavy atom. The van der Waals surface area contributed by atoms with Gasteiger partial charge in [-0.3, -0.25) is 0 Å². The molecule has 1 aromatic carbocycles. The van der Waals surface area contributed by atoms with E-state index in [0.717, 1.165) is 29.3 Å². The molecule has 0 aromatic heterocycles. The fraction of sp³-hybridized carbons (Fsp3) is 0.467. The number of aryl methyl sites for hydroxylation is 1. The Labute approximate surface area is 132 Å². The van der Waals surface area contributed by atoms with E-state index < -0.39 is 17.5 Å². The van der Waals surface area contributed by atoms with Crippen LogP contribution >= 0.6 is 15.9 Å². The Balaban J connectivity index is 2.07. The summed E-state index contributed by atoms with van der Waals surface area (Å²) in [5.41, 5.74) is 0.552. The summed E-state index contributed by atoms with van der Waals surface area (Å²) in [6, 6.07) is 5.08. The molecular weight excluding hydrogens is 336 g/mol. The zero-order valence-corrected chi connectivity index (χ0v) is 13.5. The lowest BCUT2D eigenvalue weighted by atomic mass is 9.82. The van der Waals surface area contributed by atoms with Gasteiger partial charge in [0.05, 0.1) is 5.69 Å². The third-order valence-corrected chi connectivity index (χ3v) is 4.50. The normalized spacial score (nSPS) is 17.0. The number of hydrogen-bond donors (Lipinski definition) is 3. The highest BCUT2D eigenvalue weighted by Gasteiger charge is 2.41. The number of carboxylic acid groups (broad SMARTS) is 1. The molecule has 0 spiro atoms. The Morgan fingerprint density at radius 3 is 2.48 bits per heavy atom. The SMILES string of the molecule is Cc1ccc(NC(=O)NC2(C(=O)O)CCCCC2)c(Br)c1. The van der Waals surface area contributed by atoms with Crippen LogP contribution in [0.15, 0.2) is 22.7 Å². The first-order valence-corrected chi connectivity index (χ1v) is 7.81. The summed E-state index contributed by atoms with van der Waals surface area (Å²) in [7, 11) is 0. The van der Waals surface area contributed by atoms with Gasteiger partial charge in [-0.05, 0) is 53.4 Å². The largest absolute Gasteiger partial charge is 0.480 e. The molecular formula is C15H19BrN2O3. The minimum absolute atomic E-state index is 0.477. The molecule has 0 unspecified atom stereocenters. The molecule has 0 heterocycles. The van der Waals surface area contributed by atoms with E-state index in [-0.39, 0.29) is 0 Å². The number of carboxylic acids is 1. The molecule has 1 aromatic rings. The highest BCUT2D eigenvalue weighted by atomic mass is 79.9. The van der Waals surface area contributed by atoms with Crippen molar-refractivity contribution in [2.24, 2.45) is 0 Å². The van der Waals surface area contributed by atoms with Gasteiger partial charge < -0.3 is 15.7 Å². The molecule has 1 aliphatic carbocycles. The lowest BCUT2D eigenvalue weighted by Gasteiger charge is -2.33. The molecule has 1 aliphatic rings. The standard InChI is InChI=1S/C15H19BrN2O3/c1-10-5-6-12(11(16)9-10)17-14(21)18-15(13(19)20)7-3-2-4-8-15/h5-6,9H,2-4,7-8H2,1H3,(H,19,20)(H2,17,18,21). The summed E-state index contributed by atoms with van der Waals surface area (Å²) in [4.78, 5) is 23.6. The average Bonchev–Trinajstić information content (AvgIpc) is 2.43. The second-order valence-corrected chi connectivity index (χ2v) is 6.36. The quantitative estimate of drug-likeness (QED) is 0.774. The average molecular weight is 355 g/mol. The number of rotatable bonds is 3. The van der Waals surface area contributed by atoms with Gasteiger partial charge in [-0.1, -0.05) is 25.3 Å². The van der Waals surface area contributed by atoms with Crippen LogP contribution in [-0.4, -0.2) is 22.6 Å². The predicted octanol–water partition coefficient (Wildman–Crippen LogP) is 3.67. The van der Waals surface area contributed by atoms with E-state index >= 15 is 0 Å². The molecule has 21 heavy (non-hydrogen) atoms. The van der Waals surface area contributed by atoms with Crippen LogP contribution in [0.3, 0.4) is 0 Å². The molecule has 3 N–H and O–H groups in total. The summed E-state index contributed by atoms with van der Waals surface area (Å²) in [6.45, 7) is 1.95. The van der Waals surface area contributed by atoms with Gasteiger partial charge in [0.15, 0.2) is 0 Å². The number of urea groups is 1. The minimum atomic E-state index is -1.14. The lowest BCUT2D eigenvalue weighted by molar-refractivity contribution is -0.145. The number of amides is 2. The van der Waals surface area contributed by atoms with Gasteiger partial charge in [-0.2, -0.15) is 0 Å². The van der Waals surface area contributed by atoms with Crippen LogP contribution in [0.5, 0.6) is 0 Å². The number of halogens is 1. The van der Waals surface area contributed by atoms with Crippen molar-refractivity contribution in [1.82, 2.24) is 5.32 Å². The Hall–Kier alpha value is -1.56. The number of hydrogen-bond acceptors (Lipinski definition) is 2. The van der Waals surface area contributed by atoms with Gasteiger partial charge in [-0.25, -0.2) is 9.59 Å². The molecule has 114 valence electrons. The second-order valence-electron chi connectivity index (χ2n) is 5.51. The van der Waals surface area contributed by atoms with Crippen molar-refractivity contribution in [1.29, 1.82) is 0 Å². The van der Waals surface area contributed by atoms with Crippen LogP contribution in [0.2, 0.25) is 0 Å². The third kappa shape index (κ3) is 3.75. The van der Waals surface area contributed by atoms with Gasteiger partial charge in [-0.15, -0.1) is 0 Å². The van der Waals surface area contributed by atoms with Crippen LogP contribution in [0.1, 0.15) is 37.7 Å². The van der Waals surface area contributed by atoms with Gasteiger partial charge >= 0.3 is 12.0 Å². The molecule has 2 rings (SSSR count). The van der Waals surface area contributed by atoms with Crippen molar-refractivity contribution in [2.75, 3.05) is 5.32 Å². The van der Waals surface area contributed by atoms with E-state index in [2.05, 4.69) is 26.6 Å². The fourth-order valence-electron chi connectivity index (χ4n) is 2.64. The molecule has 0 radical (unpaired) electrons. The summed E-state index contributed by atoms with van der Waals surface area (Å²) in [5, 5.41) is 14.8. The van der Waals surface area contributed by atoms with Crippen LogP contribution in [-0.2, 0) is 4.79 Å². The predicted molar refractivity (Wildman–Crippen MR) is 84.5 cm³/mol. The van der Waals surface area contributed by atoms with Crippen molar-refractivity contribution in [3.8, 4) is 0 Å². The zero-order valence-electron chi connectivity index (χ0n) is 11.9. The number of nitrogens with one attached hydrogen (secondary N) is 2. The van der Waals surface area contributed by atoms with Gasteiger partial charge in [0, 0.05) is 4.47 Å². The van der Waals surface area contributed by atoms with E-state index in [0.29, 0.717) is 18.5 Å². The lowest BCUT2D eigenvalue weighted by Crippen LogP contribution is -2.56. The maximum atomic E-state index is 12.1. The number of carbonyl (C=O) groups is 2. The van der Waals surface area contributed by atoms with E-state index in [1.165, 1.54) is 0 Å². The molecule has 5 nitrogen and oxygen atoms in total. The van der Waals surface area contributed by atoms with Crippen LogP contribution in [0.25, 0.3) is 0 Å². The van der Waals surface area contributed by atoms with E-state index in [1.54, 1.807) is 6.07 Å². The van der Waals surface area contributed by atoms with Gasteiger partial charge in [0.25, 0.3) is 0 Å². The number of anilines is 1. The van der Waals surface area contributed by atoms with Crippen LogP contribution < -0.4 is 10.6 Å². The minimum Gasteiger partial charge on any atom is -0.480 e. The molecule has 0 aliphatic heterocycles. The Bertz CT molecular complexity index is 554. The topological polar surface area (TPSA) is 78.4 Å². The highest BCUT2D eigenvalue weighted by Crippen LogP contribution is 2.29. The number of aliphatic carboxylic acids is 1. The zero-order chi connectivity index (χ0) is 15.5. The number of benzene rings is 1. The van der Waals surface area contributed by atoms with Crippen molar-refractivity contribution in [2.45, 2.75) is 44.6 Å². The molecule has 0 atom stereocenters. The summed E-state index contributed by atoms with van der Waals surface area (Å²) >= 11 is 3.38. The third-order valence-electron chi connectivity index (χ3n) is 3.84. The summed E-state index contributed by atoms with van der Waals surface area (Å²) < 4.78 is 0.769. The molecule has 0 saturated heterocycles. The maximum Gasteiger partial charge on any atom is 0.329 e. The van der Waals surface area contributed by atoms with Gasteiger partial charge in [0.2, 0.25) is 0 Å². The Morgan fingerprint density at radius 1 is 1.24 bits per heavy atom. The molecule has 6 heteroatoms. The molecule has 0 bridgehead atoms. The fourth-order valence-corrected chi connectivity index (χ4v) is 3.23. The monoisotopic (exact) mass is 354 g/mol. The number of carbonyl (C=O) groups excluding carboxylic acids is 1. The Kier molecular flexibility index (Phi) is 4.88.